The van der Waals surface area contributed by atoms with Crippen LogP contribution in [0.5, 0.6) is 0 Å². The van der Waals surface area contributed by atoms with Gasteiger partial charge in [0.25, 0.3) is 0 Å². The van der Waals surface area contributed by atoms with Gasteiger partial charge in [0.05, 0.1) is 0 Å². The van der Waals surface area contributed by atoms with E-state index in [4.69, 9.17) is 11.6 Å². The fourth-order valence-corrected chi connectivity index (χ4v) is 3.48. The Hall–Kier alpha value is -0.100. The van der Waals surface area contributed by atoms with Gasteiger partial charge in [-0.15, -0.1) is 22.9 Å². The third-order valence-electron chi connectivity index (χ3n) is 1.96. The van der Waals surface area contributed by atoms with E-state index in [1.54, 1.807) is 11.3 Å². The zero-order valence-corrected chi connectivity index (χ0v) is 11.1. The highest BCUT2D eigenvalue weighted by atomic mass is 35.5. The summed E-state index contributed by atoms with van der Waals surface area (Å²) < 4.78 is 24.8. The van der Waals surface area contributed by atoms with Crippen molar-refractivity contribution in [3.05, 3.63) is 22.4 Å². The lowest BCUT2D eigenvalue weighted by Gasteiger charge is -2.24. The number of thiophene rings is 1. The molecule has 15 heavy (non-hydrogen) atoms. The van der Waals surface area contributed by atoms with Gasteiger partial charge in [-0.25, -0.2) is 8.42 Å². The summed E-state index contributed by atoms with van der Waals surface area (Å²) in [6.45, 7) is 4.10. The summed E-state index contributed by atoms with van der Waals surface area (Å²) in [5.74, 6) is 0. The zero-order chi connectivity index (χ0) is 11.5. The molecule has 0 saturated carbocycles. The van der Waals surface area contributed by atoms with Gasteiger partial charge in [0, 0.05) is 17.5 Å². The highest BCUT2D eigenvalue weighted by Crippen LogP contribution is 2.17. The predicted molar refractivity (Wildman–Crippen MR) is 64.6 cm³/mol. The molecule has 0 aromatic carbocycles. The average molecular weight is 268 g/mol. The van der Waals surface area contributed by atoms with E-state index >= 15 is 0 Å². The van der Waals surface area contributed by atoms with Crippen molar-refractivity contribution >= 4 is 33.0 Å². The van der Waals surface area contributed by atoms with Gasteiger partial charge in [-0.3, -0.25) is 0 Å². The maximum absolute atomic E-state index is 11.7. The molecule has 3 nitrogen and oxygen atoms in total. The Kier molecular flexibility index (Phi) is 4.58. The quantitative estimate of drug-likeness (QED) is 0.769. The Morgan fingerprint density at radius 1 is 1.53 bits per heavy atom. The van der Waals surface area contributed by atoms with E-state index in [0.717, 1.165) is 4.88 Å². The zero-order valence-electron chi connectivity index (χ0n) is 8.68. The Balaban J connectivity index is 2.85. The molecule has 0 saturated heterocycles. The number of nitrogens with zero attached hydrogens (tertiary/aromatic N) is 1. The number of rotatable bonds is 5. The molecule has 0 bridgehead atoms. The topological polar surface area (TPSA) is 37.4 Å². The third kappa shape index (κ3) is 3.45. The van der Waals surface area contributed by atoms with E-state index in [9.17, 15) is 8.42 Å². The second-order valence-electron chi connectivity index (χ2n) is 3.44. The molecule has 0 spiro atoms. The molecule has 0 aliphatic heterocycles. The Morgan fingerprint density at radius 2 is 2.20 bits per heavy atom. The number of hydrogen-bond donors (Lipinski definition) is 0. The maximum atomic E-state index is 11.7. The van der Waals surface area contributed by atoms with Gasteiger partial charge >= 0.3 is 0 Å². The van der Waals surface area contributed by atoms with Crippen LogP contribution in [0.2, 0.25) is 0 Å². The number of alkyl halides is 1. The van der Waals surface area contributed by atoms with Crippen molar-refractivity contribution in [2.75, 3.05) is 5.21 Å². The summed E-state index contributed by atoms with van der Waals surface area (Å²) in [4.78, 5) is 1.03. The molecule has 86 valence electrons. The fourth-order valence-electron chi connectivity index (χ4n) is 1.22. The molecule has 0 unspecified atom stereocenters. The second kappa shape index (κ2) is 5.30. The highest BCUT2D eigenvalue weighted by molar-refractivity contribution is 7.90. The summed E-state index contributed by atoms with van der Waals surface area (Å²) in [5, 5.41) is 1.57. The van der Waals surface area contributed by atoms with Crippen LogP contribution >= 0.6 is 22.9 Å². The first-order valence-corrected chi connectivity index (χ1v) is 7.57. The van der Waals surface area contributed by atoms with Crippen LogP contribution in [0.4, 0.5) is 0 Å². The monoisotopic (exact) mass is 267 g/mol. The van der Waals surface area contributed by atoms with Gasteiger partial charge < -0.3 is 0 Å². The molecule has 0 aliphatic carbocycles. The van der Waals surface area contributed by atoms with E-state index in [1.165, 1.54) is 4.31 Å². The molecule has 1 heterocycles. The van der Waals surface area contributed by atoms with Crippen molar-refractivity contribution in [3.63, 3.8) is 0 Å². The van der Waals surface area contributed by atoms with E-state index < -0.39 is 10.0 Å². The molecular weight excluding hydrogens is 254 g/mol. The third-order valence-corrected chi connectivity index (χ3v) is 5.19. The van der Waals surface area contributed by atoms with Crippen LogP contribution in [0.15, 0.2) is 17.5 Å². The van der Waals surface area contributed by atoms with Crippen molar-refractivity contribution in [2.45, 2.75) is 26.4 Å². The number of hydrogen-bond acceptors (Lipinski definition) is 3. The molecule has 0 amide bonds. The van der Waals surface area contributed by atoms with E-state index in [0.29, 0.717) is 6.54 Å². The Labute approximate surface area is 99.7 Å². The van der Waals surface area contributed by atoms with Gasteiger partial charge in [-0.05, 0) is 25.3 Å². The summed E-state index contributed by atoms with van der Waals surface area (Å²) in [7, 11) is -3.33. The van der Waals surface area contributed by atoms with Gasteiger partial charge in [-0.2, -0.15) is 4.31 Å². The molecule has 1 aromatic heterocycles. The van der Waals surface area contributed by atoms with Crippen LogP contribution < -0.4 is 0 Å². The smallest absolute Gasteiger partial charge is 0.211 e. The maximum Gasteiger partial charge on any atom is 0.228 e. The van der Waals surface area contributed by atoms with E-state index in [-0.39, 0.29) is 11.3 Å². The standard InChI is InChI=1S/C9H14ClNO2S2/c1-8(2)11(15(12,13)7-10)6-9-4-3-5-14-9/h3-5,8H,6-7H2,1-2H3. The molecule has 0 aliphatic rings. The van der Waals surface area contributed by atoms with Gasteiger partial charge in [-0.1, -0.05) is 6.07 Å². The first-order valence-electron chi connectivity index (χ1n) is 4.55. The Morgan fingerprint density at radius 3 is 2.60 bits per heavy atom. The minimum Gasteiger partial charge on any atom is -0.211 e. The van der Waals surface area contributed by atoms with Gasteiger partial charge in [0.2, 0.25) is 10.0 Å². The van der Waals surface area contributed by atoms with E-state index in [1.807, 2.05) is 31.4 Å². The van der Waals surface area contributed by atoms with Crippen LogP contribution in [0.25, 0.3) is 0 Å². The fraction of sp³-hybridized carbons (Fsp3) is 0.556. The van der Waals surface area contributed by atoms with Crippen molar-refractivity contribution in [3.8, 4) is 0 Å². The van der Waals surface area contributed by atoms with Gasteiger partial charge in [0.15, 0.2) is 0 Å². The van der Waals surface area contributed by atoms with Crippen molar-refractivity contribution in [2.24, 2.45) is 0 Å². The number of halogens is 1. The lowest BCUT2D eigenvalue weighted by atomic mass is 10.4. The largest absolute Gasteiger partial charge is 0.228 e. The minimum atomic E-state index is -3.33. The molecule has 6 heteroatoms. The number of sulfonamides is 1. The minimum absolute atomic E-state index is 0.0733. The predicted octanol–water partition coefficient (Wildman–Crippen LogP) is 2.48. The molecular formula is C9H14ClNO2S2. The van der Waals surface area contributed by atoms with Crippen LogP contribution in [0, 0.1) is 0 Å². The van der Waals surface area contributed by atoms with Crippen molar-refractivity contribution in [1.82, 2.24) is 4.31 Å². The van der Waals surface area contributed by atoms with Crippen LogP contribution in [0.1, 0.15) is 18.7 Å². The second-order valence-corrected chi connectivity index (χ2v) is 6.98. The lowest BCUT2D eigenvalue weighted by molar-refractivity contribution is 0.353. The summed E-state index contributed by atoms with van der Waals surface area (Å²) in [6.07, 6.45) is 0. The van der Waals surface area contributed by atoms with Crippen LogP contribution in [-0.2, 0) is 16.6 Å². The summed E-state index contributed by atoms with van der Waals surface area (Å²) in [5.41, 5.74) is 0. The molecule has 0 N–H and O–H groups in total. The first-order chi connectivity index (χ1) is 6.97. The van der Waals surface area contributed by atoms with Gasteiger partial charge in [0.1, 0.15) is 5.21 Å². The van der Waals surface area contributed by atoms with E-state index in [2.05, 4.69) is 0 Å². The Bertz CT molecular complexity index is 386. The average Bonchev–Trinajstić information content (AvgIpc) is 2.65. The molecule has 0 atom stereocenters. The van der Waals surface area contributed by atoms with Crippen molar-refractivity contribution < 1.29 is 8.42 Å². The summed E-state index contributed by atoms with van der Waals surface area (Å²) in [6, 6.07) is 3.76. The molecule has 0 fully saturated rings. The molecule has 1 aromatic rings. The van der Waals surface area contributed by atoms with Crippen molar-refractivity contribution in [1.29, 1.82) is 0 Å². The lowest BCUT2D eigenvalue weighted by Crippen LogP contribution is -2.36. The first kappa shape index (κ1) is 13.0. The van der Waals surface area contributed by atoms with Crippen LogP contribution in [0.3, 0.4) is 0 Å². The normalized spacial score (nSPS) is 12.6. The highest BCUT2D eigenvalue weighted by Gasteiger charge is 2.24. The molecule has 0 radical (unpaired) electrons. The SMILES string of the molecule is CC(C)N(Cc1cccs1)S(=O)(=O)CCl. The molecule has 1 rings (SSSR count). The summed E-state index contributed by atoms with van der Waals surface area (Å²) >= 11 is 6.99. The van der Waals surface area contributed by atoms with Crippen LogP contribution in [-0.4, -0.2) is 24.0 Å².